The maximum Gasteiger partial charge on any atom is 0.324 e. The average Bonchev–Trinajstić information content (AvgIpc) is 2.87. The highest BCUT2D eigenvalue weighted by molar-refractivity contribution is 6.11. The van der Waals surface area contributed by atoms with Crippen LogP contribution in [0.5, 0.6) is 5.75 Å². The molecule has 1 unspecified atom stereocenters. The fourth-order valence-corrected chi connectivity index (χ4v) is 2.64. The molecule has 1 aromatic rings. The Balaban J connectivity index is 2.38. The summed E-state index contributed by atoms with van der Waals surface area (Å²) in [5, 5.41) is 0. The molecule has 4 nitrogen and oxygen atoms in total. The van der Waals surface area contributed by atoms with Gasteiger partial charge in [0.15, 0.2) is 11.2 Å². The highest BCUT2D eigenvalue weighted by Gasteiger charge is 2.51. The Labute approximate surface area is 118 Å². The van der Waals surface area contributed by atoms with Crippen LogP contribution in [0.1, 0.15) is 24.8 Å². The molecule has 1 aromatic carbocycles. The second-order valence-corrected chi connectivity index (χ2v) is 4.80. The van der Waals surface area contributed by atoms with Crippen molar-refractivity contribution in [3.63, 3.8) is 0 Å². The minimum atomic E-state index is -1.16. The Bertz CT molecular complexity index is 518. The van der Waals surface area contributed by atoms with Gasteiger partial charge in [-0.25, -0.2) is 0 Å². The van der Waals surface area contributed by atoms with E-state index in [1.165, 1.54) is 6.08 Å². The summed E-state index contributed by atoms with van der Waals surface area (Å²) in [5.41, 5.74) is -0.482. The van der Waals surface area contributed by atoms with Crippen molar-refractivity contribution >= 4 is 11.8 Å². The summed E-state index contributed by atoms with van der Waals surface area (Å²) in [7, 11) is 1.57. The number of rotatable bonds is 5. The zero-order valence-corrected chi connectivity index (χ0v) is 11.6. The average molecular weight is 274 g/mol. The summed E-state index contributed by atoms with van der Waals surface area (Å²) < 4.78 is 10.3. The van der Waals surface area contributed by atoms with Crippen molar-refractivity contribution in [1.29, 1.82) is 0 Å². The van der Waals surface area contributed by atoms with Gasteiger partial charge in [0.2, 0.25) is 0 Å². The Kier molecular flexibility index (Phi) is 4.23. The van der Waals surface area contributed by atoms with Crippen LogP contribution in [0.4, 0.5) is 0 Å². The molecular weight excluding hydrogens is 256 g/mol. The van der Waals surface area contributed by atoms with Crippen LogP contribution in [-0.2, 0) is 19.7 Å². The van der Waals surface area contributed by atoms with Crippen molar-refractivity contribution in [2.24, 2.45) is 0 Å². The second-order valence-electron chi connectivity index (χ2n) is 4.80. The summed E-state index contributed by atoms with van der Waals surface area (Å²) in [5.74, 6) is 0.135. The molecule has 106 valence electrons. The lowest BCUT2D eigenvalue weighted by Gasteiger charge is -2.25. The largest absolute Gasteiger partial charge is 0.497 e. The number of hydrogen-bond donors (Lipinski definition) is 0. The molecule has 1 saturated carbocycles. The molecule has 1 aliphatic rings. The van der Waals surface area contributed by atoms with Crippen LogP contribution >= 0.6 is 0 Å². The molecule has 4 heteroatoms. The van der Waals surface area contributed by atoms with Crippen LogP contribution in [0.25, 0.3) is 0 Å². The third-order valence-electron chi connectivity index (χ3n) is 3.70. The summed E-state index contributed by atoms with van der Waals surface area (Å²) in [6.07, 6.45) is 3.11. The van der Waals surface area contributed by atoms with Gasteiger partial charge in [-0.3, -0.25) is 9.59 Å². The van der Waals surface area contributed by atoms with E-state index in [2.05, 4.69) is 6.58 Å². The van der Waals surface area contributed by atoms with E-state index in [4.69, 9.17) is 9.47 Å². The van der Waals surface area contributed by atoms with Gasteiger partial charge in [-0.05, 0) is 30.5 Å². The number of esters is 1. The van der Waals surface area contributed by atoms with Crippen molar-refractivity contribution in [3.8, 4) is 5.75 Å². The van der Waals surface area contributed by atoms with Gasteiger partial charge in [0, 0.05) is 6.42 Å². The first-order valence-electron chi connectivity index (χ1n) is 6.61. The number of hydrogen-bond acceptors (Lipinski definition) is 4. The number of benzene rings is 1. The molecule has 0 saturated heterocycles. The third kappa shape index (κ3) is 2.33. The Hall–Kier alpha value is -2.10. The van der Waals surface area contributed by atoms with Crippen LogP contribution in [0.15, 0.2) is 36.9 Å². The molecule has 0 bridgehead atoms. The quantitative estimate of drug-likeness (QED) is 0.470. The molecule has 1 fully saturated rings. The highest BCUT2D eigenvalue weighted by Crippen LogP contribution is 2.40. The SMILES string of the molecule is C=CCOC(=O)C1(c2ccc(OC)cc2)CCCC1=O. The van der Waals surface area contributed by atoms with E-state index in [-0.39, 0.29) is 12.4 Å². The maximum absolute atomic E-state index is 12.4. The lowest BCUT2D eigenvalue weighted by atomic mass is 9.78. The van der Waals surface area contributed by atoms with E-state index >= 15 is 0 Å². The molecule has 0 radical (unpaired) electrons. The monoisotopic (exact) mass is 274 g/mol. The maximum atomic E-state index is 12.4. The van der Waals surface area contributed by atoms with E-state index in [0.717, 1.165) is 0 Å². The molecule has 20 heavy (non-hydrogen) atoms. The van der Waals surface area contributed by atoms with Gasteiger partial charge >= 0.3 is 5.97 Å². The molecule has 0 aliphatic heterocycles. The van der Waals surface area contributed by atoms with Gasteiger partial charge in [0.1, 0.15) is 12.4 Å². The normalized spacial score (nSPS) is 21.6. The third-order valence-corrected chi connectivity index (χ3v) is 3.70. The van der Waals surface area contributed by atoms with E-state index < -0.39 is 11.4 Å². The van der Waals surface area contributed by atoms with E-state index in [0.29, 0.717) is 30.6 Å². The first kappa shape index (κ1) is 14.3. The zero-order valence-electron chi connectivity index (χ0n) is 11.6. The van der Waals surface area contributed by atoms with Crippen LogP contribution < -0.4 is 4.74 Å². The van der Waals surface area contributed by atoms with E-state index in [1.54, 1.807) is 31.4 Å². The molecule has 1 aliphatic carbocycles. The number of Topliss-reactive ketones (excluding diaryl/α,β-unsaturated/α-hetero) is 1. The van der Waals surface area contributed by atoms with Gasteiger partial charge in [-0.1, -0.05) is 24.8 Å². The summed E-state index contributed by atoms with van der Waals surface area (Å²) in [4.78, 5) is 24.7. The molecule has 2 rings (SSSR count). The van der Waals surface area contributed by atoms with Crippen LogP contribution in [0.3, 0.4) is 0 Å². The Morgan fingerprint density at radius 1 is 1.40 bits per heavy atom. The second kappa shape index (κ2) is 5.90. The number of ether oxygens (including phenoxy) is 2. The van der Waals surface area contributed by atoms with Crippen molar-refractivity contribution in [2.45, 2.75) is 24.7 Å². The molecule has 0 heterocycles. The first-order chi connectivity index (χ1) is 9.65. The van der Waals surface area contributed by atoms with Crippen LogP contribution in [0.2, 0.25) is 0 Å². The van der Waals surface area contributed by atoms with Gasteiger partial charge < -0.3 is 9.47 Å². The van der Waals surface area contributed by atoms with Crippen LogP contribution in [-0.4, -0.2) is 25.5 Å². The highest BCUT2D eigenvalue weighted by atomic mass is 16.5. The number of ketones is 1. The molecular formula is C16H18O4. The van der Waals surface area contributed by atoms with Crippen molar-refractivity contribution in [2.75, 3.05) is 13.7 Å². The Morgan fingerprint density at radius 2 is 2.10 bits per heavy atom. The van der Waals surface area contributed by atoms with Gasteiger partial charge in [-0.2, -0.15) is 0 Å². The summed E-state index contributed by atoms with van der Waals surface area (Å²) >= 11 is 0. The predicted octanol–water partition coefficient (Wildman–Crippen LogP) is 2.42. The lowest BCUT2D eigenvalue weighted by molar-refractivity contribution is -0.152. The molecule has 1 atom stereocenters. The number of methoxy groups -OCH3 is 1. The lowest BCUT2D eigenvalue weighted by Crippen LogP contribution is -2.41. The fourth-order valence-electron chi connectivity index (χ4n) is 2.64. The van der Waals surface area contributed by atoms with Crippen molar-refractivity contribution < 1.29 is 19.1 Å². The first-order valence-corrected chi connectivity index (χ1v) is 6.61. The topological polar surface area (TPSA) is 52.6 Å². The minimum absolute atomic E-state index is 0.0725. The van der Waals surface area contributed by atoms with Gasteiger partial charge in [0.05, 0.1) is 7.11 Å². The minimum Gasteiger partial charge on any atom is -0.497 e. The summed E-state index contributed by atoms with van der Waals surface area (Å²) in [6, 6.07) is 7.03. The van der Waals surface area contributed by atoms with Crippen LogP contribution in [0, 0.1) is 0 Å². The van der Waals surface area contributed by atoms with Gasteiger partial charge in [0.25, 0.3) is 0 Å². The predicted molar refractivity (Wildman–Crippen MR) is 74.7 cm³/mol. The number of carbonyl (C=O) groups excluding carboxylic acids is 2. The summed E-state index contributed by atoms with van der Waals surface area (Å²) in [6.45, 7) is 3.63. The zero-order chi connectivity index (χ0) is 14.6. The molecule has 0 aromatic heterocycles. The van der Waals surface area contributed by atoms with Crippen molar-refractivity contribution in [3.05, 3.63) is 42.5 Å². The molecule has 0 spiro atoms. The Morgan fingerprint density at radius 3 is 2.60 bits per heavy atom. The standard InChI is InChI=1S/C16H18O4/c1-3-11-20-15(18)16(10-4-5-14(16)17)12-6-8-13(19-2)9-7-12/h3,6-9H,1,4-5,10-11H2,2H3. The fraction of sp³-hybridized carbons (Fsp3) is 0.375. The smallest absolute Gasteiger partial charge is 0.324 e. The number of carbonyl (C=O) groups is 2. The van der Waals surface area contributed by atoms with E-state index in [1.807, 2.05) is 0 Å². The molecule has 0 N–H and O–H groups in total. The van der Waals surface area contributed by atoms with E-state index in [9.17, 15) is 9.59 Å². The van der Waals surface area contributed by atoms with Gasteiger partial charge in [-0.15, -0.1) is 0 Å². The molecule has 0 amide bonds. The van der Waals surface area contributed by atoms with Crippen molar-refractivity contribution in [1.82, 2.24) is 0 Å².